The summed E-state index contributed by atoms with van der Waals surface area (Å²) < 4.78 is 28.8. The molecule has 0 unspecified atom stereocenters. The minimum absolute atomic E-state index is 0.384. The van der Waals surface area contributed by atoms with Gasteiger partial charge in [0, 0.05) is 4.88 Å². The molecule has 0 N–H and O–H groups in total. The van der Waals surface area contributed by atoms with E-state index in [1.54, 1.807) is 19.9 Å². The Morgan fingerprint density at radius 2 is 2.06 bits per heavy atom. The van der Waals surface area contributed by atoms with Gasteiger partial charge in [0.2, 0.25) is 0 Å². The van der Waals surface area contributed by atoms with Gasteiger partial charge in [-0.1, -0.05) is 0 Å². The minimum atomic E-state index is -3.37. The fourth-order valence-electron chi connectivity index (χ4n) is 1.36. The van der Waals surface area contributed by atoms with Gasteiger partial charge in [0.05, 0.1) is 11.9 Å². The van der Waals surface area contributed by atoms with Gasteiger partial charge in [-0.05, 0) is 33.8 Å². The van der Waals surface area contributed by atoms with Crippen LogP contribution in [0.25, 0.3) is 0 Å². The Balaban J connectivity index is 2.98. The standard InChI is InChI=1S/C12H18O4S2/c1-5-16-11-6-9(4)17-12(11)10(13)7-18(14,15)8(2)3/h6,8H,5,7H2,1-4H3. The van der Waals surface area contributed by atoms with E-state index in [1.807, 2.05) is 13.8 Å². The van der Waals surface area contributed by atoms with E-state index in [0.717, 1.165) is 4.88 Å². The molecule has 0 spiro atoms. The predicted octanol–water partition coefficient (Wildman–Crippen LogP) is 2.46. The first-order chi connectivity index (χ1) is 8.27. The summed E-state index contributed by atoms with van der Waals surface area (Å²) in [5.74, 6) is -0.348. The summed E-state index contributed by atoms with van der Waals surface area (Å²) in [5.41, 5.74) is 0. The molecular formula is C12H18O4S2. The van der Waals surface area contributed by atoms with Crippen LogP contribution in [0.4, 0.5) is 0 Å². The van der Waals surface area contributed by atoms with Gasteiger partial charge in [-0.15, -0.1) is 11.3 Å². The number of carbonyl (C=O) groups excluding carboxylic acids is 1. The maximum atomic E-state index is 12.0. The quantitative estimate of drug-likeness (QED) is 0.755. The fourth-order valence-corrected chi connectivity index (χ4v) is 3.19. The van der Waals surface area contributed by atoms with Crippen molar-refractivity contribution in [3.05, 3.63) is 15.8 Å². The molecule has 1 aromatic rings. The Morgan fingerprint density at radius 3 is 2.56 bits per heavy atom. The summed E-state index contributed by atoms with van der Waals surface area (Å²) in [5, 5.41) is -0.543. The monoisotopic (exact) mass is 290 g/mol. The van der Waals surface area contributed by atoms with Crippen LogP contribution >= 0.6 is 11.3 Å². The summed E-state index contributed by atoms with van der Waals surface area (Å²) in [6.07, 6.45) is 0. The molecule has 0 bridgehead atoms. The zero-order valence-corrected chi connectivity index (χ0v) is 12.7. The van der Waals surface area contributed by atoms with Crippen molar-refractivity contribution < 1.29 is 17.9 Å². The van der Waals surface area contributed by atoms with Gasteiger partial charge in [-0.25, -0.2) is 8.42 Å². The lowest BCUT2D eigenvalue weighted by atomic mass is 10.3. The van der Waals surface area contributed by atoms with E-state index >= 15 is 0 Å². The van der Waals surface area contributed by atoms with E-state index in [4.69, 9.17) is 4.74 Å². The normalized spacial score (nSPS) is 11.8. The van der Waals surface area contributed by atoms with Crippen LogP contribution < -0.4 is 4.74 Å². The van der Waals surface area contributed by atoms with Crippen molar-refractivity contribution in [1.29, 1.82) is 0 Å². The third-order valence-corrected chi connectivity index (χ3v) is 5.60. The van der Waals surface area contributed by atoms with Crippen molar-refractivity contribution in [1.82, 2.24) is 0 Å². The first-order valence-corrected chi connectivity index (χ1v) is 8.29. The Kier molecular flexibility index (Phi) is 4.92. The summed E-state index contributed by atoms with van der Waals surface area (Å²) >= 11 is 1.28. The molecule has 0 amide bonds. The highest BCUT2D eigenvalue weighted by atomic mass is 32.2. The predicted molar refractivity (Wildman–Crippen MR) is 73.5 cm³/mol. The molecule has 1 rings (SSSR count). The number of hydrogen-bond donors (Lipinski definition) is 0. The van der Waals surface area contributed by atoms with Crippen molar-refractivity contribution in [3.8, 4) is 5.75 Å². The molecule has 4 nitrogen and oxygen atoms in total. The highest BCUT2D eigenvalue weighted by molar-refractivity contribution is 7.92. The van der Waals surface area contributed by atoms with Crippen molar-refractivity contribution >= 4 is 27.0 Å². The lowest BCUT2D eigenvalue weighted by Crippen LogP contribution is -2.23. The Labute approximate surface area is 112 Å². The molecule has 102 valence electrons. The fraction of sp³-hybridized carbons (Fsp3) is 0.583. The summed E-state index contributed by atoms with van der Waals surface area (Å²) in [4.78, 5) is 13.4. The maximum Gasteiger partial charge on any atom is 0.191 e. The Morgan fingerprint density at radius 1 is 1.44 bits per heavy atom. The van der Waals surface area contributed by atoms with Gasteiger partial charge < -0.3 is 4.74 Å². The maximum absolute atomic E-state index is 12.0. The van der Waals surface area contributed by atoms with E-state index in [9.17, 15) is 13.2 Å². The van der Waals surface area contributed by atoms with E-state index in [1.165, 1.54) is 11.3 Å². The number of hydrogen-bond acceptors (Lipinski definition) is 5. The number of carbonyl (C=O) groups is 1. The highest BCUT2D eigenvalue weighted by Gasteiger charge is 2.25. The summed E-state index contributed by atoms with van der Waals surface area (Å²) in [6, 6.07) is 1.77. The second-order valence-electron chi connectivity index (χ2n) is 4.26. The average molecular weight is 290 g/mol. The van der Waals surface area contributed by atoms with E-state index in [2.05, 4.69) is 0 Å². The lowest BCUT2D eigenvalue weighted by Gasteiger charge is -2.07. The number of ether oxygens (including phenoxy) is 1. The van der Waals surface area contributed by atoms with Gasteiger partial charge >= 0.3 is 0 Å². The van der Waals surface area contributed by atoms with Crippen LogP contribution in [0.1, 0.15) is 35.3 Å². The molecule has 0 aliphatic rings. The van der Waals surface area contributed by atoms with Gasteiger partial charge in [0.25, 0.3) is 0 Å². The number of ketones is 1. The SMILES string of the molecule is CCOc1cc(C)sc1C(=O)CS(=O)(=O)C(C)C. The zero-order chi connectivity index (χ0) is 13.9. The van der Waals surface area contributed by atoms with Crippen LogP contribution in [0.3, 0.4) is 0 Å². The lowest BCUT2D eigenvalue weighted by molar-refractivity contribution is 0.102. The van der Waals surface area contributed by atoms with E-state index < -0.39 is 20.8 Å². The summed E-state index contributed by atoms with van der Waals surface area (Å²) in [7, 11) is -3.37. The highest BCUT2D eigenvalue weighted by Crippen LogP contribution is 2.29. The van der Waals surface area contributed by atoms with Crippen LogP contribution in [-0.4, -0.2) is 31.8 Å². The van der Waals surface area contributed by atoms with Crippen molar-refractivity contribution in [2.45, 2.75) is 32.9 Å². The molecule has 0 aliphatic carbocycles. The molecule has 0 saturated carbocycles. The second-order valence-corrected chi connectivity index (χ2v) is 8.08. The molecule has 0 fully saturated rings. The first-order valence-electron chi connectivity index (χ1n) is 5.76. The number of Topliss-reactive ketones (excluding diaryl/α,β-unsaturated/α-hetero) is 1. The third kappa shape index (κ3) is 3.55. The van der Waals surface area contributed by atoms with Gasteiger partial charge in [-0.3, -0.25) is 4.79 Å². The van der Waals surface area contributed by atoms with Gasteiger partial charge in [0.1, 0.15) is 16.4 Å². The Bertz CT molecular complexity index is 526. The molecule has 0 aliphatic heterocycles. The topological polar surface area (TPSA) is 60.4 Å². The average Bonchev–Trinajstić information content (AvgIpc) is 2.59. The van der Waals surface area contributed by atoms with Crippen LogP contribution in [0, 0.1) is 6.92 Å². The zero-order valence-electron chi connectivity index (χ0n) is 11.0. The Hall–Kier alpha value is -0.880. The molecule has 0 radical (unpaired) electrons. The van der Waals surface area contributed by atoms with Gasteiger partial charge in [0.15, 0.2) is 15.6 Å². The van der Waals surface area contributed by atoms with E-state index in [0.29, 0.717) is 17.2 Å². The molecule has 18 heavy (non-hydrogen) atoms. The smallest absolute Gasteiger partial charge is 0.191 e. The van der Waals surface area contributed by atoms with Crippen molar-refractivity contribution in [3.63, 3.8) is 0 Å². The van der Waals surface area contributed by atoms with Crippen LogP contribution in [-0.2, 0) is 9.84 Å². The molecule has 0 atom stereocenters. The third-order valence-electron chi connectivity index (χ3n) is 2.42. The van der Waals surface area contributed by atoms with Crippen LogP contribution in [0.5, 0.6) is 5.75 Å². The molecular weight excluding hydrogens is 272 g/mol. The van der Waals surface area contributed by atoms with Crippen molar-refractivity contribution in [2.24, 2.45) is 0 Å². The molecule has 0 aromatic carbocycles. The van der Waals surface area contributed by atoms with Crippen LogP contribution in [0.2, 0.25) is 0 Å². The number of aryl methyl sites for hydroxylation is 1. The largest absolute Gasteiger partial charge is 0.492 e. The van der Waals surface area contributed by atoms with Crippen molar-refractivity contribution in [2.75, 3.05) is 12.4 Å². The minimum Gasteiger partial charge on any atom is -0.492 e. The number of rotatable bonds is 6. The summed E-state index contributed by atoms with van der Waals surface area (Å²) in [6.45, 7) is 7.29. The molecule has 1 aromatic heterocycles. The first kappa shape index (κ1) is 15.2. The molecule has 6 heteroatoms. The number of sulfone groups is 1. The van der Waals surface area contributed by atoms with Crippen LogP contribution in [0.15, 0.2) is 6.07 Å². The molecule has 1 heterocycles. The van der Waals surface area contributed by atoms with E-state index in [-0.39, 0.29) is 5.78 Å². The molecule has 0 saturated heterocycles. The second kappa shape index (κ2) is 5.84. The number of thiophene rings is 1. The van der Waals surface area contributed by atoms with Gasteiger partial charge in [-0.2, -0.15) is 0 Å².